The Morgan fingerprint density at radius 2 is 2.22 bits per heavy atom. The number of aryl methyl sites for hydroxylation is 1. The highest BCUT2D eigenvalue weighted by molar-refractivity contribution is 5.98. The van der Waals surface area contributed by atoms with Crippen molar-refractivity contribution in [1.29, 1.82) is 0 Å². The molecule has 2 N–H and O–H groups in total. The summed E-state index contributed by atoms with van der Waals surface area (Å²) in [6.45, 7) is 4.04. The summed E-state index contributed by atoms with van der Waals surface area (Å²) in [6.07, 6.45) is 1.13. The summed E-state index contributed by atoms with van der Waals surface area (Å²) in [7, 11) is 1.66. The van der Waals surface area contributed by atoms with Gasteiger partial charge >= 0.3 is 0 Å². The monoisotopic (exact) mass is 245 g/mol. The molecule has 4 nitrogen and oxygen atoms in total. The third kappa shape index (κ3) is 2.53. The second kappa shape index (κ2) is 4.44. The van der Waals surface area contributed by atoms with Crippen LogP contribution < -0.4 is 5.73 Å². The van der Waals surface area contributed by atoms with Gasteiger partial charge in [-0.3, -0.25) is 9.69 Å². The van der Waals surface area contributed by atoms with Gasteiger partial charge in [0.25, 0.3) is 0 Å². The molecule has 0 radical (unpaired) electrons. The minimum Gasteiger partial charge on any atom is -0.369 e. The number of amides is 1. The molecule has 0 saturated carbocycles. The highest BCUT2D eigenvalue weighted by atomic mass is 16.2. The van der Waals surface area contributed by atoms with Gasteiger partial charge in [-0.25, -0.2) is 4.99 Å². The lowest BCUT2D eigenvalue weighted by Gasteiger charge is -2.33. The first-order valence-electron chi connectivity index (χ1n) is 6.07. The van der Waals surface area contributed by atoms with Crippen molar-refractivity contribution in [3.05, 3.63) is 35.4 Å². The molecule has 0 bridgehead atoms. The first-order chi connectivity index (χ1) is 8.39. The number of nitrogens with two attached hydrogens (primary N) is 1. The Morgan fingerprint density at radius 3 is 2.83 bits per heavy atom. The first kappa shape index (κ1) is 12.6. The van der Waals surface area contributed by atoms with Crippen molar-refractivity contribution in [2.24, 2.45) is 10.7 Å². The molecular weight excluding hydrogens is 226 g/mol. The van der Waals surface area contributed by atoms with E-state index in [4.69, 9.17) is 5.73 Å². The van der Waals surface area contributed by atoms with Gasteiger partial charge in [-0.15, -0.1) is 0 Å². The van der Waals surface area contributed by atoms with Crippen LogP contribution in [0.1, 0.15) is 24.5 Å². The lowest BCUT2D eigenvalue weighted by molar-refractivity contribution is -0.128. The zero-order valence-corrected chi connectivity index (χ0v) is 11.1. The number of rotatable bonds is 2. The van der Waals surface area contributed by atoms with E-state index < -0.39 is 5.54 Å². The molecule has 0 aliphatic carbocycles. The Bertz CT molecular complexity index is 510. The van der Waals surface area contributed by atoms with E-state index in [-0.39, 0.29) is 5.91 Å². The number of carbonyl (C=O) groups is 1. The molecule has 1 unspecified atom stereocenters. The summed E-state index contributed by atoms with van der Waals surface area (Å²) in [5, 5.41) is 0. The molecule has 0 spiro atoms. The summed E-state index contributed by atoms with van der Waals surface area (Å²) in [5.41, 5.74) is 7.76. The van der Waals surface area contributed by atoms with Crippen molar-refractivity contribution in [2.45, 2.75) is 32.2 Å². The standard InChI is InChI=1S/C14H19N3O/c1-10-5-4-6-11(7-10)8-14(2)9-12(18)17(3)13(15)16-14/h4-7H,8-9H2,1-3H3,(H2,15,16). The van der Waals surface area contributed by atoms with Crippen LogP contribution in [-0.4, -0.2) is 29.4 Å². The molecule has 1 atom stereocenters. The number of hydrogen-bond acceptors (Lipinski definition) is 3. The van der Waals surface area contributed by atoms with Crippen LogP contribution in [0.5, 0.6) is 0 Å². The number of carbonyl (C=O) groups excluding carboxylic acids is 1. The fourth-order valence-corrected chi connectivity index (χ4v) is 2.33. The zero-order chi connectivity index (χ0) is 13.3. The quantitative estimate of drug-likeness (QED) is 0.857. The summed E-state index contributed by atoms with van der Waals surface area (Å²) in [4.78, 5) is 17.7. The van der Waals surface area contributed by atoms with E-state index in [0.717, 1.165) is 6.42 Å². The number of benzene rings is 1. The molecule has 96 valence electrons. The van der Waals surface area contributed by atoms with Crippen molar-refractivity contribution in [1.82, 2.24) is 4.90 Å². The van der Waals surface area contributed by atoms with Gasteiger partial charge in [0.15, 0.2) is 5.96 Å². The molecule has 0 aromatic heterocycles. The van der Waals surface area contributed by atoms with Gasteiger partial charge in [-0.05, 0) is 25.8 Å². The fourth-order valence-electron chi connectivity index (χ4n) is 2.33. The lowest BCUT2D eigenvalue weighted by Crippen LogP contribution is -2.49. The van der Waals surface area contributed by atoms with E-state index in [1.807, 2.05) is 13.0 Å². The van der Waals surface area contributed by atoms with E-state index in [2.05, 4.69) is 30.1 Å². The summed E-state index contributed by atoms with van der Waals surface area (Å²) < 4.78 is 0. The van der Waals surface area contributed by atoms with Crippen molar-refractivity contribution in [2.75, 3.05) is 7.05 Å². The van der Waals surface area contributed by atoms with E-state index in [9.17, 15) is 4.79 Å². The molecule has 0 fully saturated rings. The van der Waals surface area contributed by atoms with E-state index in [1.54, 1.807) is 7.05 Å². The average molecular weight is 245 g/mol. The van der Waals surface area contributed by atoms with E-state index in [0.29, 0.717) is 12.4 Å². The van der Waals surface area contributed by atoms with Crippen molar-refractivity contribution >= 4 is 11.9 Å². The maximum atomic E-state index is 11.8. The minimum atomic E-state index is -0.429. The highest BCUT2D eigenvalue weighted by Crippen LogP contribution is 2.26. The second-order valence-electron chi connectivity index (χ2n) is 5.26. The van der Waals surface area contributed by atoms with Crippen molar-refractivity contribution < 1.29 is 4.79 Å². The molecule has 18 heavy (non-hydrogen) atoms. The molecule has 1 amide bonds. The molecule has 1 aliphatic rings. The number of guanidine groups is 1. The molecule has 1 heterocycles. The van der Waals surface area contributed by atoms with Crippen LogP contribution in [0.4, 0.5) is 0 Å². The molecule has 0 saturated heterocycles. The maximum absolute atomic E-state index is 11.8. The summed E-state index contributed by atoms with van der Waals surface area (Å²) in [6, 6.07) is 8.27. The predicted octanol–water partition coefficient (Wildman–Crippen LogP) is 1.47. The number of aliphatic imine (C=N–C) groups is 1. The van der Waals surface area contributed by atoms with Gasteiger partial charge < -0.3 is 5.73 Å². The molecule has 2 rings (SSSR count). The van der Waals surface area contributed by atoms with E-state index >= 15 is 0 Å². The van der Waals surface area contributed by atoms with Crippen LogP contribution >= 0.6 is 0 Å². The Morgan fingerprint density at radius 1 is 1.50 bits per heavy atom. The normalized spacial score (nSPS) is 24.1. The average Bonchev–Trinajstić information content (AvgIpc) is 2.25. The van der Waals surface area contributed by atoms with Crippen LogP contribution in [-0.2, 0) is 11.2 Å². The van der Waals surface area contributed by atoms with Gasteiger partial charge in [0, 0.05) is 7.05 Å². The topological polar surface area (TPSA) is 58.7 Å². The van der Waals surface area contributed by atoms with Crippen LogP contribution in [0.3, 0.4) is 0 Å². The number of hydrogen-bond donors (Lipinski definition) is 1. The molecule has 4 heteroatoms. The van der Waals surface area contributed by atoms with Crippen LogP contribution in [0.15, 0.2) is 29.3 Å². The van der Waals surface area contributed by atoms with Crippen LogP contribution in [0, 0.1) is 6.92 Å². The molecule has 1 aliphatic heterocycles. The smallest absolute Gasteiger partial charge is 0.231 e. The maximum Gasteiger partial charge on any atom is 0.231 e. The molecule has 1 aromatic carbocycles. The van der Waals surface area contributed by atoms with Gasteiger partial charge in [-0.1, -0.05) is 29.8 Å². The molecule has 1 aromatic rings. The van der Waals surface area contributed by atoms with Gasteiger partial charge in [0.2, 0.25) is 5.91 Å². The van der Waals surface area contributed by atoms with Gasteiger partial charge in [-0.2, -0.15) is 0 Å². The first-order valence-corrected chi connectivity index (χ1v) is 6.07. The SMILES string of the molecule is Cc1cccc(CC2(C)CC(=O)N(C)C(N)=N2)c1. The Balaban J connectivity index is 2.25. The zero-order valence-electron chi connectivity index (χ0n) is 11.1. The third-order valence-corrected chi connectivity index (χ3v) is 3.30. The second-order valence-corrected chi connectivity index (χ2v) is 5.26. The predicted molar refractivity (Wildman–Crippen MR) is 72.3 cm³/mol. The Labute approximate surface area is 108 Å². The largest absolute Gasteiger partial charge is 0.369 e. The Kier molecular flexibility index (Phi) is 3.11. The van der Waals surface area contributed by atoms with Crippen molar-refractivity contribution in [3.8, 4) is 0 Å². The van der Waals surface area contributed by atoms with Gasteiger partial charge in [0.05, 0.1) is 12.0 Å². The minimum absolute atomic E-state index is 0.0256. The highest BCUT2D eigenvalue weighted by Gasteiger charge is 2.34. The fraction of sp³-hybridized carbons (Fsp3) is 0.429. The lowest BCUT2D eigenvalue weighted by atomic mass is 9.88. The summed E-state index contributed by atoms with van der Waals surface area (Å²) in [5.74, 6) is 0.332. The third-order valence-electron chi connectivity index (χ3n) is 3.30. The van der Waals surface area contributed by atoms with Crippen molar-refractivity contribution in [3.63, 3.8) is 0 Å². The van der Waals surface area contributed by atoms with Gasteiger partial charge in [0.1, 0.15) is 0 Å². The van der Waals surface area contributed by atoms with Crippen LogP contribution in [0.2, 0.25) is 0 Å². The number of nitrogens with zero attached hydrogens (tertiary/aromatic N) is 2. The van der Waals surface area contributed by atoms with E-state index in [1.165, 1.54) is 16.0 Å². The van der Waals surface area contributed by atoms with Crippen LogP contribution in [0.25, 0.3) is 0 Å². The molecular formula is C14H19N3O. The summed E-state index contributed by atoms with van der Waals surface area (Å²) >= 11 is 0. The Hall–Kier alpha value is -1.84.